The normalized spacial score (nSPS) is 12.4. The summed E-state index contributed by atoms with van der Waals surface area (Å²) in [6.07, 6.45) is 1.05. The molecule has 0 fully saturated rings. The fourth-order valence-electron chi connectivity index (χ4n) is 7.07. The molecule has 7 rings (SSSR count). The zero-order valence-electron chi connectivity index (χ0n) is 25.8. The summed E-state index contributed by atoms with van der Waals surface area (Å²) in [7, 11) is 4.38. The Bertz CT molecular complexity index is 2200. The molecule has 3 nitrogen and oxygen atoms in total. The molecule has 42 heavy (non-hydrogen) atoms. The van der Waals surface area contributed by atoms with Gasteiger partial charge in [0.25, 0.3) is 0 Å². The maximum absolute atomic E-state index is 6.42. The molecule has 0 atom stereocenters. The minimum absolute atomic E-state index is 0.356. The van der Waals surface area contributed by atoms with E-state index in [4.69, 9.17) is 5.73 Å². The number of benzene rings is 5. The predicted octanol–water partition coefficient (Wildman–Crippen LogP) is 9.68. The van der Waals surface area contributed by atoms with Crippen molar-refractivity contribution in [2.75, 3.05) is 0 Å². The van der Waals surface area contributed by atoms with Gasteiger partial charge >= 0.3 is 0 Å². The van der Waals surface area contributed by atoms with Crippen molar-refractivity contribution in [3.63, 3.8) is 0 Å². The van der Waals surface area contributed by atoms with Crippen LogP contribution in [0.5, 0.6) is 0 Å². The molecule has 0 aliphatic rings. The minimum Gasteiger partial charge on any atom is -0.344 e. The molecular weight excluding hydrogens is 510 g/mol. The number of rotatable bonds is 4. The van der Waals surface area contributed by atoms with Crippen molar-refractivity contribution >= 4 is 43.6 Å². The molecule has 5 aromatic carbocycles. The molecule has 2 aromatic heterocycles. The van der Waals surface area contributed by atoms with Crippen molar-refractivity contribution in [2.24, 2.45) is 19.8 Å². The second kappa shape index (κ2) is 9.34. The Hall–Kier alpha value is -4.34. The van der Waals surface area contributed by atoms with E-state index in [1.807, 2.05) is 0 Å². The maximum atomic E-state index is 6.42. The van der Waals surface area contributed by atoms with Gasteiger partial charge in [0.1, 0.15) is 0 Å². The summed E-state index contributed by atoms with van der Waals surface area (Å²) in [6, 6.07) is 32.1. The lowest BCUT2D eigenvalue weighted by Crippen LogP contribution is -2.29. The van der Waals surface area contributed by atoms with Gasteiger partial charge in [-0.15, -0.1) is 0 Å². The number of nitrogens with zero attached hydrogens (tertiary/aromatic N) is 2. The maximum Gasteiger partial charge on any atom is 0.0496 e. The van der Waals surface area contributed by atoms with E-state index < -0.39 is 0 Å². The molecule has 2 heterocycles. The highest BCUT2D eigenvalue weighted by Crippen LogP contribution is 2.39. The smallest absolute Gasteiger partial charge is 0.0496 e. The minimum atomic E-state index is -0.356. The zero-order valence-corrected chi connectivity index (χ0v) is 25.8. The van der Waals surface area contributed by atoms with Crippen molar-refractivity contribution in [1.82, 2.24) is 9.13 Å². The summed E-state index contributed by atoms with van der Waals surface area (Å²) >= 11 is 0. The standard InChI is InChI=1S/C39H39N3/c1-8-25-18-27(10-9-23(25)2)29-13-16-36-31(20-29)33-22-37-32(21-38(33)42(36)7)30-19-28(12-15-35(30)41(37)6)26-11-14-34(24(3)17-26)39(4,5)40/h9-22H,8,40H2,1-7H3. The molecule has 3 heteroatoms. The first kappa shape index (κ1) is 26.6. The van der Waals surface area contributed by atoms with Crippen LogP contribution in [0.25, 0.3) is 65.9 Å². The SMILES string of the molecule is CCc1cc(-c2ccc3c(c2)c2cc4c(cc2n3C)c2cc(-c3ccc(C(C)(C)N)c(C)c3)ccc2n4C)ccc1C. The van der Waals surface area contributed by atoms with E-state index in [0.29, 0.717) is 0 Å². The first-order valence-electron chi connectivity index (χ1n) is 15.0. The molecule has 0 aliphatic carbocycles. The van der Waals surface area contributed by atoms with Gasteiger partial charge in [0, 0.05) is 63.2 Å². The van der Waals surface area contributed by atoms with Gasteiger partial charge in [0.2, 0.25) is 0 Å². The fraction of sp³-hybridized carbons (Fsp3) is 0.231. The lowest BCUT2D eigenvalue weighted by molar-refractivity contribution is 0.551. The van der Waals surface area contributed by atoms with Crippen LogP contribution >= 0.6 is 0 Å². The van der Waals surface area contributed by atoms with Crippen LogP contribution in [0.1, 0.15) is 43.0 Å². The molecular formula is C39H39N3. The predicted molar refractivity (Wildman–Crippen MR) is 181 cm³/mol. The van der Waals surface area contributed by atoms with Crippen LogP contribution in [0.3, 0.4) is 0 Å². The van der Waals surface area contributed by atoms with E-state index in [0.717, 1.165) is 6.42 Å². The van der Waals surface area contributed by atoms with Crippen molar-refractivity contribution in [1.29, 1.82) is 0 Å². The number of aromatic nitrogens is 2. The third-order valence-corrected chi connectivity index (χ3v) is 9.45. The molecule has 0 saturated carbocycles. The molecule has 0 aliphatic heterocycles. The summed E-state index contributed by atoms with van der Waals surface area (Å²) in [6.45, 7) is 10.7. The Morgan fingerprint density at radius 2 is 1.00 bits per heavy atom. The number of hydrogen-bond acceptors (Lipinski definition) is 1. The van der Waals surface area contributed by atoms with Crippen molar-refractivity contribution in [3.05, 3.63) is 107 Å². The third kappa shape index (κ3) is 3.99. The van der Waals surface area contributed by atoms with Gasteiger partial charge in [-0.2, -0.15) is 0 Å². The van der Waals surface area contributed by atoms with E-state index in [1.165, 1.54) is 88.1 Å². The van der Waals surface area contributed by atoms with Gasteiger partial charge in [0.05, 0.1) is 0 Å². The molecule has 0 unspecified atom stereocenters. The topological polar surface area (TPSA) is 35.9 Å². The van der Waals surface area contributed by atoms with Crippen LogP contribution in [0, 0.1) is 13.8 Å². The first-order valence-corrected chi connectivity index (χ1v) is 15.0. The van der Waals surface area contributed by atoms with Gasteiger partial charge in [0.15, 0.2) is 0 Å². The molecule has 7 aromatic rings. The summed E-state index contributed by atoms with van der Waals surface area (Å²) < 4.78 is 4.69. The Morgan fingerprint density at radius 3 is 1.50 bits per heavy atom. The van der Waals surface area contributed by atoms with Gasteiger partial charge in [-0.05, 0) is 115 Å². The Kier molecular flexibility index (Phi) is 5.90. The highest BCUT2D eigenvalue weighted by molar-refractivity contribution is 6.18. The van der Waals surface area contributed by atoms with E-state index in [9.17, 15) is 0 Å². The highest BCUT2D eigenvalue weighted by Gasteiger charge is 2.18. The van der Waals surface area contributed by atoms with Gasteiger partial charge in [-0.25, -0.2) is 0 Å². The van der Waals surface area contributed by atoms with Crippen molar-refractivity contribution in [2.45, 2.75) is 46.6 Å². The average molecular weight is 550 g/mol. The average Bonchev–Trinajstić information content (AvgIpc) is 3.41. The lowest BCUT2D eigenvalue weighted by Gasteiger charge is -2.22. The summed E-state index contributed by atoms with van der Waals surface area (Å²) in [5.41, 5.74) is 21.3. The molecule has 0 spiro atoms. The molecule has 0 bridgehead atoms. The Labute approximate surface area is 248 Å². The van der Waals surface area contributed by atoms with Crippen LogP contribution < -0.4 is 5.73 Å². The number of nitrogens with two attached hydrogens (primary N) is 1. The summed E-state index contributed by atoms with van der Waals surface area (Å²) in [5.74, 6) is 0. The molecule has 0 saturated heterocycles. The number of hydrogen-bond donors (Lipinski definition) is 1. The zero-order chi connectivity index (χ0) is 29.5. The number of aryl methyl sites for hydroxylation is 5. The van der Waals surface area contributed by atoms with Crippen molar-refractivity contribution < 1.29 is 0 Å². The van der Waals surface area contributed by atoms with Crippen molar-refractivity contribution in [3.8, 4) is 22.3 Å². The third-order valence-electron chi connectivity index (χ3n) is 9.45. The number of fused-ring (bicyclic) bond motifs is 6. The lowest BCUT2D eigenvalue weighted by atomic mass is 9.89. The molecule has 210 valence electrons. The van der Waals surface area contributed by atoms with E-state index in [2.05, 4.69) is 143 Å². The van der Waals surface area contributed by atoms with E-state index in [-0.39, 0.29) is 5.54 Å². The first-order chi connectivity index (χ1) is 20.0. The van der Waals surface area contributed by atoms with Gasteiger partial charge in [-0.1, -0.05) is 55.5 Å². The fourth-order valence-corrected chi connectivity index (χ4v) is 7.07. The second-order valence-electron chi connectivity index (χ2n) is 12.7. The second-order valence-corrected chi connectivity index (χ2v) is 12.7. The Morgan fingerprint density at radius 1 is 0.548 bits per heavy atom. The van der Waals surface area contributed by atoms with E-state index >= 15 is 0 Å². The molecule has 2 N–H and O–H groups in total. The van der Waals surface area contributed by atoms with Crippen LogP contribution in [-0.2, 0) is 26.1 Å². The highest BCUT2D eigenvalue weighted by atomic mass is 15.0. The van der Waals surface area contributed by atoms with Gasteiger partial charge in [-0.3, -0.25) is 0 Å². The monoisotopic (exact) mass is 549 g/mol. The van der Waals surface area contributed by atoms with Crippen LogP contribution in [0.4, 0.5) is 0 Å². The van der Waals surface area contributed by atoms with Crippen LogP contribution in [0.2, 0.25) is 0 Å². The Balaban J connectivity index is 1.41. The van der Waals surface area contributed by atoms with Crippen LogP contribution in [-0.4, -0.2) is 9.13 Å². The molecule has 0 radical (unpaired) electrons. The summed E-state index contributed by atoms with van der Waals surface area (Å²) in [5, 5.41) is 5.17. The largest absolute Gasteiger partial charge is 0.344 e. The van der Waals surface area contributed by atoms with E-state index in [1.54, 1.807) is 0 Å². The summed E-state index contributed by atoms with van der Waals surface area (Å²) in [4.78, 5) is 0. The molecule has 0 amide bonds. The van der Waals surface area contributed by atoms with Gasteiger partial charge < -0.3 is 14.9 Å². The quantitative estimate of drug-likeness (QED) is 0.233. The van der Waals surface area contributed by atoms with Crippen LogP contribution in [0.15, 0.2) is 84.9 Å².